The number of methoxy groups -OCH3 is 1. The number of benzene rings is 2. The van der Waals surface area contributed by atoms with Crippen LogP contribution in [0.3, 0.4) is 0 Å². The van der Waals surface area contributed by atoms with Crippen LogP contribution < -0.4 is 15.2 Å². The normalized spacial score (nSPS) is 10.1. The summed E-state index contributed by atoms with van der Waals surface area (Å²) in [6, 6.07) is 12.9. The van der Waals surface area contributed by atoms with Gasteiger partial charge >= 0.3 is 0 Å². The van der Waals surface area contributed by atoms with Gasteiger partial charge in [-0.1, -0.05) is 23.7 Å². The Labute approximate surface area is 111 Å². The fourth-order valence-corrected chi connectivity index (χ4v) is 1.73. The van der Waals surface area contributed by atoms with Crippen molar-refractivity contribution < 1.29 is 9.47 Å². The monoisotopic (exact) mass is 263 g/mol. The molecule has 0 bridgehead atoms. The number of hydrogen-bond acceptors (Lipinski definition) is 3. The van der Waals surface area contributed by atoms with Crippen molar-refractivity contribution in [2.45, 2.75) is 6.61 Å². The molecule has 0 aliphatic carbocycles. The third-order valence-corrected chi connectivity index (χ3v) is 2.81. The summed E-state index contributed by atoms with van der Waals surface area (Å²) in [4.78, 5) is 0. The summed E-state index contributed by atoms with van der Waals surface area (Å²) < 4.78 is 10.7. The molecule has 94 valence electrons. The second-order valence-electron chi connectivity index (χ2n) is 3.83. The molecule has 0 aliphatic rings. The lowest BCUT2D eigenvalue weighted by Crippen LogP contribution is -1.96. The first kappa shape index (κ1) is 12.6. The Kier molecular flexibility index (Phi) is 3.95. The molecule has 2 rings (SSSR count). The predicted molar refractivity (Wildman–Crippen MR) is 73.2 cm³/mol. The molecule has 0 spiro atoms. The Morgan fingerprint density at radius 2 is 1.83 bits per heavy atom. The van der Waals surface area contributed by atoms with Gasteiger partial charge in [0.15, 0.2) is 0 Å². The number of anilines is 1. The molecule has 0 aromatic heterocycles. The van der Waals surface area contributed by atoms with Crippen molar-refractivity contribution in [1.29, 1.82) is 0 Å². The van der Waals surface area contributed by atoms with Crippen LogP contribution in [0.2, 0.25) is 5.02 Å². The third kappa shape index (κ3) is 3.08. The molecule has 0 radical (unpaired) electrons. The highest BCUT2D eigenvalue weighted by atomic mass is 35.5. The van der Waals surface area contributed by atoms with E-state index in [1.54, 1.807) is 19.2 Å². The molecule has 0 unspecified atom stereocenters. The summed E-state index contributed by atoms with van der Waals surface area (Å²) in [6.07, 6.45) is 0. The number of rotatable bonds is 4. The molecule has 2 N–H and O–H groups in total. The fourth-order valence-electron chi connectivity index (χ4n) is 1.50. The van der Waals surface area contributed by atoms with Crippen LogP contribution in [0.15, 0.2) is 42.5 Å². The minimum absolute atomic E-state index is 0.451. The lowest BCUT2D eigenvalue weighted by molar-refractivity contribution is 0.305. The van der Waals surface area contributed by atoms with E-state index in [2.05, 4.69) is 0 Å². The van der Waals surface area contributed by atoms with Crippen molar-refractivity contribution in [3.8, 4) is 11.5 Å². The van der Waals surface area contributed by atoms with Gasteiger partial charge in [-0.3, -0.25) is 0 Å². The largest absolute Gasteiger partial charge is 0.497 e. The van der Waals surface area contributed by atoms with Gasteiger partial charge in [0.2, 0.25) is 0 Å². The van der Waals surface area contributed by atoms with Gasteiger partial charge in [0.25, 0.3) is 0 Å². The van der Waals surface area contributed by atoms with Crippen LogP contribution in [0.4, 0.5) is 5.69 Å². The van der Waals surface area contributed by atoms with Gasteiger partial charge in [0.1, 0.15) is 18.1 Å². The van der Waals surface area contributed by atoms with Gasteiger partial charge in [-0.15, -0.1) is 0 Å². The smallest absolute Gasteiger partial charge is 0.138 e. The first-order valence-corrected chi connectivity index (χ1v) is 5.87. The fraction of sp³-hybridized carbons (Fsp3) is 0.143. The molecule has 3 nitrogen and oxygen atoms in total. The maximum atomic E-state index is 6.07. The van der Waals surface area contributed by atoms with Gasteiger partial charge in [-0.25, -0.2) is 0 Å². The molecule has 0 saturated heterocycles. The predicted octanol–water partition coefficient (Wildman–Crippen LogP) is 3.51. The SMILES string of the molecule is COc1ccc(OCc2ccc(N)cc2)c(Cl)c1. The Hall–Kier alpha value is -1.87. The Balaban J connectivity index is 2.04. The highest BCUT2D eigenvalue weighted by molar-refractivity contribution is 6.32. The summed E-state index contributed by atoms with van der Waals surface area (Å²) >= 11 is 6.07. The molecule has 0 saturated carbocycles. The zero-order valence-corrected chi connectivity index (χ0v) is 10.8. The third-order valence-electron chi connectivity index (χ3n) is 2.51. The zero-order chi connectivity index (χ0) is 13.0. The molecule has 18 heavy (non-hydrogen) atoms. The van der Waals surface area contributed by atoms with Gasteiger partial charge < -0.3 is 15.2 Å². The quantitative estimate of drug-likeness (QED) is 0.859. The van der Waals surface area contributed by atoms with Crippen molar-refractivity contribution >= 4 is 17.3 Å². The standard InChI is InChI=1S/C14H14ClNO2/c1-17-12-6-7-14(13(15)8-12)18-9-10-2-4-11(16)5-3-10/h2-8H,9,16H2,1H3. The lowest BCUT2D eigenvalue weighted by atomic mass is 10.2. The van der Waals surface area contributed by atoms with E-state index >= 15 is 0 Å². The van der Waals surface area contributed by atoms with E-state index in [0.29, 0.717) is 23.1 Å². The zero-order valence-electron chi connectivity index (χ0n) is 10.0. The van der Waals surface area contributed by atoms with Gasteiger partial charge in [0.05, 0.1) is 12.1 Å². The lowest BCUT2D eigenvalue weighted by Gasteiger charge is -2.09. The Morgan fingerprint density at radius 1 is 1.11 bits per heavy atom. The van der Waals surface area contributed by atoms with Crippen LogP contribution in [-0.4, -0.2) is 7.11 Å². The van der Waals surface area contributed by atoms with Crippen molar-refractivity contribution in [3.05, 3.63) is 53.1 Å². The van der Waals surface area contributed by atoms with Gasteiger partial charge in [-0.2, -0.15) is 0 Å². The molecule has 2 aromatic rings. The van der Waals surface area contributed by atoms with E-state index < -0.39 is 0 Å². The van der Waals surface area contributed by atoms with E-state index in [1.807, 2.05) is 30.3 Å². The number of nitrogen functional groups attached to an aromatic ring is 1. The molecular formula is C14H14ClNO2. The topological polar surface area (TPSA) is 44.5 Å². The number of halogens is 1. The van der Waals surface area contributed by atoms with Crippen LogP contribution in [-0.2, 0) is 6.61 Å². The molecule has 0 atom stereocenters. The van der Waals surface area contributed by atoms with Crippen LogP contribution in [0, 0.1) is 0 Å². The van der Waals surface area contributed by atoms with Gasteiger partial charge in [-0.05, 0) is 29.8 Å². The maximum Gasteiger partial charge on any atom is 0.138 e. The van der Waals surface area contributed by atoms with Crippen molar-refractivity contribution in [3.63, 3.8) is 0 Å². The number of nitrogens with two attached hydrogens (primary N) is 1. The van der Waals surface area contributed by atoms with Crippen LogP contribution in [0.5, 0.6) is 11.5 Å². The van der Waals surface area contributed by atoms with Gasteiger partial charge in [0, 0.05) is 11.8 Å². The second kappa shape index (κ2) is 5.65. The first-order valence-electron chi connectivity index (χ1n) is 5.50. The maximum absolute atomic E-state index is 6.07. The van der Waals surface area contributed by atoms with Crippen molar-refractivity contribution in [1.82, 2.24) is 0 Å². The van der Waals surface area contributed by atoms with E-state index in [0.717, 1.165) is 11.3 Å². The summed E-state index contributed by atoms with van der Waals surface area (Å²) in [5.74, 6) is 1.34. The van der Waals surface area contributed by atoms with Crippen molar-refractivity contribution in [2.75, 3.05) is 12.8 Å². The molecule has 0 heterocycles. The summed E-state index contributed by atoms with van der Waals surface area (Å²) in [6.45, 7) is 0.451. The van der Waals surface area contributed by atoms with Crippen LogP contribution in [0.1, 0.15) is 5.56 Å². The highest BCUT2D eigenvalue weighted by Crippen LogP contribution is 2.29. The number of ether oxygens (including phenoxy) is 2. The second-order valence-corrected chi connectivity index (χ2v) is 4.23. The molecule has 2 aromatic carbocycles. The summed E-state index contributed by atoms with van der Waals surface area (Å²) in [5.41, 5.74) is 7.39. The van der Waals surface area contributed by atoms with Crippen molar-refractivity contribution in [2.24, 2.45) is 0 Å². The molecular weight excluding hydrogens is 250 g/mol. The molecule has 0 amide bonds. The van der Waals surface area contributed by atoms with Crippen LogP contribution >= 0.6 is 11.6 Å². The van der Waals surface area contributed by atoms with E-state index in [-0.39, 0.29) is 0 Å². The minimum atomic E-state index is 0.451. The van der Waals surface area contributed by atoms with E-state index in [4.69, 9.17) is 26.8 Å². The van der Waals surface area contributed by atoms with E-state index in [1.165, 1.54) is 0 Å². The Morgan fingerprint density at radius 3 is 2.44 bits per heavy atom. The van der Waals surface area contributed by atoms with E-state index in [9.17, 15) is 0 Å². The minimum Gasteiger partial charge on any atom is -0.497 e. The highest BCUT2D eigenvalue weighted by Gasteiger charge is 2.03. The van der Waals surface area contributed by atoms with Crippen LogP contribution in [0.25, 0.3) is 0 Å². The average Bonchev–Trinajstić information content (AvgIpc) is 2.39. The molecule has 4 heteroatoms. The molecule has 0 aliphatic heterocycles. The summed E-state index contributed by atoms with van der Waals surface area (Å²) in [7, 11) is 1.60. The number of hydrogen-bond donors (Lipinski definition) is 1. The first-order chi connectivity index (χ1) is 8.69. The Bertz CT molecular complexity index is 526. The molecule has 0 fully saturated rings. The average molecular weight is 264 g/mol. The summed E-state index contributed by atoms with van der Waals surface area (Å²) in [5, 5.41) is 0.532.